The molecule has 0 amide bonds. The second kappa shape index (κ2) is 3.71. The topological polar surface area (TPSA) is 29.1 Å². The Bertz CT molecular complexity index is 120. The van der Waals surface area contributed by atoms with E-state index in [2.05, 4.69) is 12.2 Å². The Balaban J connectivity index is 2.32. The van der Waals surface area contributed by atoms with Gasteiger partial charge in [-0.1, -0.05) is 13.3 Å². The van der Waals surface area contributed by atoms with Crippen LogP contribution in [0.25, 0.3) is 0 Å². The Labute approximate surface area is 62.0 Å². The molecule has 1 heterocycles. The van der Waals surface area contributed by atoms with Crippen LogP contribution in [0.4, 0.5) is 0 Å². The van der Waals surface area contributed by atoms with Crippen molar-refractivity contribution >= 4 is 5.78 Å². The van der Waals surface area contributed by atoms with Crippen molar-refractivity contribution in [3.8, 4) is 0 Å². The monoisotopic (exact) mass is 141 g/mol. The summed E-state index contributed by atoms with van der Waals surface area (Å²) in [5, 5.41) is 3.07. The maximum Gasteiger partial charge on any atom is 0.149 e. The first kappa shape index (κ1) is 7.73. The minimum atomic E-state index is 0.367. The quantitative estimate of drug-likeness (QED) is 0.620. The first-order valence-electron chi connectivity index (χ1n) is 4.08. The van der Waals surface area contributed by atoms with Gasteiger partial charge in [0.1, 0.15) is 5.78 Å². The van der Waals surface area contributed by atoms with Gasteiger partial charge < -0.3 is 5.32 Å². The molecular weight excluding hydrogens is 126 g/mol. The molecule has 10 heavy (non-hydrogen) atoms. The first-order valence-corrected chi connectivity index (χ1v) is 4.08. The smallest absolute Gasteiger partial charge is 0.149 e. The highest BCUT2D eigenvalue weighted by Gasteiger charge is 2.19. The van der Waals surface area contributed by atoms with Crippen molar-refractivity contribution < 1.29 is 4.79 Å². The number of ketones is 1. The van der Waals surface area contributed by atoms with Gasteiger partial charge in [-0.2, -0.15) is 0 Å². The summed E-state index contributed by atoms with van der Waals surface area (Å²) in [6, 6.07) is 0. The molecule has 0 bridgehead atoms. The summed E-state index contributed by atoms with van der Waals surface area (Å²) in [5.74, 6) is 0.777. The van der Waals surface area contributed by atoms with Crippen molar-refractivity contribution in [2.75, 3.05) is 13.1 Å². The number of nitrogens with one attached hydrogen (secondary N) is 1. The summed E-state index contributed by atoms with van der Waals surface area (Å²) < 4.78 is 0. The van der Waals surface area contributed by atoms with Crippen LogP contribution in [0.5, 0.6) is 0 Å². The molecule has 0 radical (unpaired) electrons. The van der Waals surface area contributed by atoms with E-state index in [1.54, 1.807) is 0 Å². The lowest BCUT2D eigenvalue weighted by Crippen LogP contribution is -2.36. The van der Waals surface area contributed by atoms with Crippen molar-refractivity contribution in [3.63, 3.8) is 0 Å². The predicted octanol–water partition coefficient (Wildman–Crippen LogP) is 0.965. The molecule has 0 saturated carbocycles. The lowest BCUT2D eigenvalue weighted by molar-refractivity contribution is -0.123. The Morgan fingerprint density at radius 1 is 1.70 bits per heavy atom. The van der Waals surface area contributed by atoms with Crippen LogP contribution in [-0.2, 0) is 4.79 Å². The molecule has 1 unspecified atom stereocenters. The van der Waals surface area contributed by atoms with Gasteiger partial charge in [0.2, 0.25) is 0 Å². The number of rotatable bonds is 2. The van der Waals surface area contributed by atoms with E-state index in [9.17, 15) is 4.79 Å². The summed E-state index contributed by atoms with van der Waals surface area (Å²) in [5.41, 5.74) is 0. The predicted molar refractivity (Wildman–Crippen MR) is 40.9 cm³/mol. The van der Waals surface area contributed by atoms with Crippen LogP contribution in [0.2, 0.25) is 0 Å². The molecule has 0 aliphatic carbocycles. The average Bonchev–Trinajstić information content (AvgIpc) is 1.94. The number of carbonyl (C=O) groups excluding carboxylic acids is 1. The third kappa shape index (κ3) is 1.81. The minimum Gasteiger partial charge on any atom is -0.310 e. The van der Waals surface area contributed by atoms with E-state index >= 15 is 0 Å². The van der Waals surface area contributed by atoms with Gasteiger partial charge in [-0.05, 0) is 19.4 Å². The molecule has 1 atom stereocenters. The van der Waals surface area contributed by atoms with Crippen LogP contribution < -0.4 is 5.32 Å². The zero-order valence-corrected chi connectivity index (χ0v) is 6.52. The second-order valence-corrected chi connectivity index (χ2v) is 2.92. The fourth-order valence-corrected chi connectivity index (χ4v) is 1.45. The maximum atomic E-state index is 11.1. The zero-order valence-electron chi connectivity index (χ0n) is 6.52. The molecule has 1 rings (SSSR count). The van der Waals surface area contributed by atoms with Crippen molar-refractivity contribution in [2.24, 2.45) is 5.92 Å². The number of hydrogen-bond donors (Lipinski definition) is 1. The Kier molecular flexibility index (Phi) is 2.87. The van der Waals surface area contributed by atoms with Crippen LogP contribution in [-0.4, -0.2) is 18.9 Å². The van der Waals surface area contributed by atoms with Crippen LogP contribution in [0.1, 0.15) is 26.2 Å². The molecule has 2 nitrogen and oxygen atoms in total. The number of carbonyl (C=O) groups is 1. The molecular formula is C8H15NO. The Hall–Kier alpha value is -0.370. The van der Waals surface area contributed by atoms with E-state index in [1.807, 2.05) is 0 Å². The molecule has 0 spiro atoms. The van der Waals surface area contributed by atoms with Gasteiger partial charge in [-0.15, -0.1) is 0 Å². The number of piperidine rings is 1. The number of hydrogen-bond acceptors (Lipinski definition) is 2. The summed E-state index contributed by atoms with van der Waals surface area (Å²) in [7, 11) is 0. The lowest BCUT2D eigenvalue weighted by atomic mass is 9.92. The number of Topliss-reactive ketones (excluding diaryl/α,β-unsaturated/α-hetero) is 1. The summed E-state index contributed by atoms with van der Waals surface area (Å²) in [6.07, 6.45) is 3.27. The molecule has 1 aliphatic rings. The summed E-state index contributed by atoms with van der Waals surface area (Å²) in [6.45, 7) is 3.76. The molecule has 0 aromatic carbocycles. The van der Waals surface area contributed by atoms with Crippen LogP contribution in [0.3, 0.4) is 0 Å². The van der Waals surface area contributed by atoms with E-state index < -0.39 is 0 Å². The second-order valence-electron chi connectivity index (χ2n) is 2.92. The standard InChI is InChI=1S/C8H15NO/c1-2-3-7-4-5-9-6-8(7)10/h7,9H,2-6H2,1H3. The van der Waals surface area contributed by atoms with Gasteiger partial charge in [-0.25, -0.2) is 0 Å². The van der Waals surface area contributed by atoms with Crippen LogP contribution >= 0.6 is 0 Å². The molecule has 1 fully saturated rings. The van der Waals surface area contributed by atoms with E-state index in [0.717, 1.165) is 25.8 Å². The first-order chi connectivity index (χ1) is 4.84. The highest BCUT2D eigenvalue weighted by atomic mass is 16.1. The third-order valence-electron chi connectivity index (χ3n) is 2.06. The van der Waals surface area contributed by atoms with E-state index in [-0.39, 0.29) is 0 Å². The molecule has 1 N–H and O–H groups in total. The maximum absolute atomic E-state index is 11.1. The van der Waals surface area contributed by atoms with Crippen molar-refractivity contribution in [1.82, 2.24) is 5.32 Å². The zero-order chi connectivity index (χ0) is 7.40. The summed E-state index contributed by atoms with van der Waals surface area (Å²) >= 11 is 0. The van der Waals surface area contributed by atoms with Crippen LogP contribution in [0.15, 0.2) is 0 Å². The molecule has 2 heteroatoms. The Morgan fingerprint density at radius 2 is 2.50 bits per heavy atom. The molecule has 0 aromatic rings. The fourth-order valence-electron chi connectivity index (χ4n) is 1.45. The highest BCUT2D eigenvalue weighted by molar-refractivity contribution is 5.83. The van der Waals surface area contributed by atoms with Gasteiger partial charge >= 0.3 is 0 Å². The average molecular weight is 141 g/mol. The van der Waals surface area contributed by atoms with Crippen molar-refractivity contribution in [1.29, 1.82) is 0 Å². The van der Waals surface area contributed by atoms with Gasteiger partial charge in [0.15, 0.2) is 0 Å². The van der Waals surface area contributed by atoms with Crippen LogP contribution in [0, 0.1) is 5.92 Å². The normalized spacial score (nSPS) is 26.9. The van der Waals surface area contributed by atoms with E-state index in [4.69, 9.17) is 0 Å². The molecule has 0 aromatic heterocycles. The van der Waals surface area contributed by atoms with Gasteiger partial charge in [-0.3, -0.25) is 4.79 Å². The Morgan fingerprint density at radius 3 is 3.10 bits per heavy atom. The largest absolute Gasteiger partial charge is 0.310 e. The molecule has 1 saturated heterocycles. The third-order valence-corrected chi connectivity index (χ3v) is 2.06. The summed E-state index contributed by atoms with van der Waals surface area (Å²) in [4.78, 5) is 11.1. The SMILES string of the molecule is CCCC1CCNCC1=O. The fraction of sp³-hybridized carbons (Fsp3) is 0.875. The van der Waals surface area contributed by atoms with E-state index in [0.29, 0.717) is 18.2 Å². The van der Waals surface area contributed by atoms with E-state index in [1.165, 1.54) is 0 Å². The molecule has 1 aliphatic heterocycles. The van der Waals surface area contributed by atoms with Gasteiger partial charge in [0.25, 0.3) is 0 Å². The van der Waals surface area contributed by atoms with Crippen molar-refractivity contribution in [3.05, 3.63) is 0 Å². The minimum absolute atomic E-state index is 0.367. The van der Waals surface area contributed by atoms with Gasteiger partial charge in [0.05, 0.1) is 6.54 Å². The highest BCUT2D eigenvalue weighted by Crippen LogP contribution is 2.13. The molecule has 58 valence electrons. The van der Waals surface area contributed by atoms with Crippen molar-refractivity contribution in [2.45, 2.75) is 26.2 Å². The lowest BCUT2D eigenvalue weighted by Gasteiger charge is -2.20. The van der Waals surface area contributed by atoms with Gasteiger partial charge in [0, 0.05) is 5.92 Å².